The standard InChI is InChI=1S/C57H94O28S/c1-20(2)21(3)44-49(80-44)57(9,70)33-11-10-27-26-17-31(29-16-25(85-86(71,72)73)12-14-55(29,7)28(26)13-15-56(27,33)8)78-52-43(69)46(37(63)32(18-58)79-52)82-54-48(84-51-41(67)39(65)35(61)23(5)76-51)42(68)45(24(6)77-54)81-53-47(36(62)30(59)19-74-53)83-50-40(66)38(64)34(60)22(4)75-50/h13,20-27,29-54,58-70H,10-12,14-19H2,1-9H3,(H,71,72,73)/t21-,22+,23+,24+,25-,26-,27-,29?,30-,31-,32+,33-,34-,35+,36-,37+,38-,39-,40+,41+,42-,43+,44-,45+,46-,47+,48+,49+,50-,51-,52+,53-,54-,55+,56-,57+/m0/s1. The lowest BCUT2D eigenvalue weighted by Crippen LogP contribution is -2.68. The summed E-state index contributed by atoms with van der Waals surface area (Å²) in [7, 11) is -4.89. The fraction of sp³-hybridized carbons (Fsp3) is 0.965. The molecule has 0 spiro atoms. The van der Waals surface area contributed by atoms with E-state index in [1.807, 2.05) is 6.92 Å². The van der Waals surface area contributed by atoms with Crippen molar-refractivity contribution >= 4 is 10.4 Å². The van der Waals surface area contributed by atoms with Crippen LogP contribution in [0.2, 0.25) is 0 Å². The maximum absolute atomic E-state index is 12.5. The van der Waals surface area contributed by atoms with Crippen molar-refractivity contribution in [2.75, 3.05) is 13.2 Å². The largest absolute Gasteiger partial charge is 0.397 e. The molecule has 0 aromatic rings. The van der Waals surface area contributed by atoms with Gasteiger partial charge in [0.15, 0.2) is 31.5 Å². The monoisotopic (exact) mass is 1260 g/mol. The molecule has 9 fully saturated rings. The number of epoxide rings is 1. The molecule has 6 aliphatic heterocycles. The normalized spacial score (nSPS) is 53.6. The van der Waals surface area contributed by atoms with Crippen molar-refractivity contribution in [3.63, 3.8) is 0 Å². The van der Waals surface area contributed by atoms with Gasteiger partial charge in [-0.15, -0.1) is 0 Å². The average molecular weight is 1260 g/mol. The Balaban J connectivity index is 0.925. The quantitative estimate of drug-likeness (QED) is 0.0403. The van der Waals surface area contributed by atoms with Gasteiger partial charge in [0.2, 0.25) is 0 Å². The van der Waals surface area contributed by atoms with Crippen molar-refractivity contribution in [1.29, 1.82) is 0 Å². The van der Waals surface area contributed by atoms with E-state index in [1.165, 1.54) is 20.8 Å². The Hall–Kier alpha value is -1.35. The van der Waals surface area contributed by atoms with Crippen LogP contribution in [0, 0.1) is 46.3 Å². The highest BCUT2D eigenvalue weighted by Crippen LogP contribution is 2.68. The number of allylic oxidation sites excluding steroid dienone is 2. The van der Waals surface area contributed by atoms with Crippen molar-refractivity contribution in [2.45, 2.75) is 285 Å². The SMILES string of the molecule is CC(C)[C@H](C)[C@@H]1O[C@H]1[C@](C)(O)[C@H]1CC[C@H]2[C@@H]3C[C@H](O[C@@H]4O[C@H](CO)[C@@H](O)[C@H](O[C@@H]5O[C@H](C)[C@@H](O[C@@H]6OC[C@H](O)[C@H](O)[C@H]6O[C@@H]6O[C@H](C)[C@H](O)[C@H](O)[C@H]6O)[C@H](O)[C@H]5O[C@@H]5O[C@H](C)[C@@H](O)[C@H](O)[C@H]5O)[C@H]4O)C4C[C@@H](OS(=O)(=O)O)CC[C@]4(C)C3=CC[C@]12C. The van der Waals surface area contributed by atoms with E-state index >= 15 is 0 Å². The van der Waals surface area contributed by atoms with E-state index in [0.717, 1.165) is 18.4 Å². The number of aliphatic hydroxyl groups excluding tert-OH is 12. The van der Waals surface area contributed by atoms with Gasteiger partial charge in [0.05, 0.1) is 55.4 Å². The fourth-order valence-corrected chi connectivity index (χ4v) is 16.8. The van der Waals surface area contributed by atoms with E-state index in [2.05, 4.69) is 40.7 Å². The van der Waals surface area contributed by atoms with Crippen molar-refractivity contribution in [3.05, 3.63) is 11.6 Å². The Morgan fingerprint density at radius 2 is 1.20 bits per heavy atom. The predicted octanol–water partition coefficient (Wildman–Crippen LogP) is -2.62. The van der Waals surface area contributed by atoms with Gasteiger partial charge in [-0.3, -0.25) is 4.55 Å². The summed E-state index contributed by atoms with van der Waals surface area (Å²) < 4.78 is 107. The molecule has 36 atom stereocenters. The second kappa shape index (κ2) is 25.5. The zero-order chi connectivity index (χ0) is 62.8. The van der Waals surface area contributed by atoms with E-state index in [9.17, 15) is 79.4 Å². The Bertz CT molecular complexity index is 2460. The van der Waals surface area contributed by atoms with Crippen molar-refractivity contribution in [3.8, 4) is 0 Å². The van der Waals surface area contributed by atoms with E-state index < -0.39 is 206 Å². The Morgan fingerprint density at radius 3 is 1.79 bits per heavy atom. The third-order valence-electron chi connectivity index (χ3n) is 21.7. The molecule has 10 aliphatic rings. The number of aliphatic hydroxyl groups is 13. The first-order valence-corrected chi connectivity index (χ1v) is 31.9. The first-order valence-electron chi connectivity index (χ1n) is 30.6. The van der Waals surface area contributed by atoms with Gasteiger partial charge in [0.1, 0.15) is 104 Å². The number of hydrogen-bond donors (Lipinski definition) is 14. The van der Waals surface area contributed by atoms with Gasteiger partial charge < -0.3 is 118 Å². The summed E-state index contributed by atoms with van der Waals surface area (Å²) in [6.45, 7) is 15.4. The number of fused-ring (bicyclic) bond motifs is 5. The minimum Gasteiger partial charge on any atom is -0.394 e. The Morgan fingerprint density at radius 1 is 0.628 bits per heavy atom. The van der Waals surface area contributed by atoms with Crippen LogP contribution in [-0.4, -0.2) is 270 Å². The van der Waals surface area contributed by atoms with E-state index in [4.69, 9.17) is 56.3 Å². The topological polar surface area (TPSA) is 431 Å². The summed E-state index contributed by atoms with van der Waals surface area (Å²) in [4.78, 5) is 0. The molecule has 1 unspecified atom stereocenters. The maximum atomic E-state index is 12.5. The van der Waals surface area contributed by atoms with E-state index in [1.54, 1.807) is 0 Å². The third-order valence-corrected chi connectivity index (χ3v) is 22.2. The molecule has 0 bridgehead atoms. The lowest BCUT2D eigenvalue weighted by molar-refractivity contribution is -0.403. The minimum absolute atomic E-state index is 0.0293. The second-order valence-corrected chi connectivity index (χ2v) is 28.4. The third kappa shape index (κ3) is 12.5. The molecule has 4 aliphatic carbocycles. The van der Waals surface area contributed by atoms with Crippen molar-refractivity contribution in [2.24, 2.45) is 46.3 Å². The molecule has 0 radical (unpaired) electrons. The number of rotatable bonds is 17. The molecule has 0 amide bonds. The fourth-order valence-electron chi connectivity index (χ4n) is 16.3. The molecule has 6 heterocycles. The minimum atomic E-state index is -4.89. The Kier molecular flexibility index (Phi) is 20.0. The Labute approximate surface area is 500 Å². The molecule has 29 heteroatoms. The van der Waals surface area contributed by atoms with Gasteiger partial charge in [-0.25, -0.2) is 4.18 Å². The van der Waals surface area contributed by atoms with Crippen LogP contribution in [0.3, 0.4) is 0 Å². The molecule has 6 saturated heterocycles. The lowest BCUT2D eigenvalue weighted by atomic mass is 9.47. The molecule has 0 aromatic carbocycles. The van der Waals surface area contributed by atoms with Gasteiger partial charge in [0, 0.05) is 0 Å². The zero-order valence-electron chi connectivity index (χ0n) is 50.0. The van der Waals surface area contributed by atoms with Crippen molar-refractivity contribution < 1.29 is 136 Å². The predicted molar refractivity (Wildman–Crippen MR) is 289 cm³/mol. The summed E-state index contributed by atoms with van der Waals surface area (Å²) >= 11 is 0. The molecule has 14 N–H and O–H groups in total. The van der Waals surface area contributed by atoms with Gasteiger partial charge in [-0.2, -0.15) is 8.42 Å². The summed E-state index contributed by atoms with van der Waals surface area (Å²) in [5.74, 6) is -0.205. The zero-order valence-corrected chi connectivity index (χ0v) is 50.8. The summed E-state index contributed by atoms with van der Waals surface area (Å²) in [6.07, 6.45) is -37.6. The molecular formula is C57H94O28S. The highest BCUT2D eigenvalue weighted by molar-refractivity contribution is 7.80. The maximum Gasteiger partial charge on any atom is 0.397 e. The second-order valence-electron chi connectivity index (χ2n) is 27.3. The first-order chi connectivity index (χ1) is 40.2. The van der Waals surface area contributed by atoms with Crippen LogP contribution in [0.1, 0.15) is 107 Å². The molecule has 10 rings (SSSR count). The molecule has 3 saturated carbocycles. The summed E-state index contributed by atoms with van der Waals surface area (Å²) in [6, 6.07) is 0. The van der Waals surface area contributed by atoms with Crippen LogP contribution in [0.25, 0.3) is 0 Å². The van der Waals surface area contributed by atoms with Crippen molar-refractivity contribution in [1.82, 2.24) is 0 Å². The highest BCUT2D eigenvalue weighted by Gasteiger charge is 2.67. The van der Waals surface area contributed by atoms with Gasteiger partial charge >= 0.3 is 10.4 Å². The van der Waals surface area contributed by atoms with Gasteiger partial charge in [0.25, 0.3) is 0 Å². The molecule has 28 nitrogen and oxygen atoms in total. The van der Waals surface area contributed by atoms with Gasteiger partial charge in [-0.1, -0.05) is 46.3 Å². The number of ether oxygens (including phenoxy) is 11. The van der Waals surface area contributed by atoms with E-state index in [0.29, 0.717) is 25.2 Å². The molecule has 496 valence electrons. The lowest BCUT2D eigenvalue weighted by Gasteiger charge is -2.60. The molecule has 86 heavy (non-hydrogen) atoms. The number of hydrogen-bond acceptors (Lipinski definition) is 27. The van der Waals surface area contributed by atoms with Crippen LogP contribution in [0.15, 0.2) is 11.6 Å². The smallest absolute Gasteiger partial charge is 0.394 e. The van der Waals surface area contributed by atoms with Gasteiger partial charge in [-0.05, 0) is 119 Å². The molecule has 0 aromatic heterocycles. The van der Waals surface area contributed by atoms with Crippen LogP contribution in [0.5, 0.6) is 0 Å². The van der Waals surface area contributed by atoms with Crippen LogP contribution < -0.4 is 0 Å². The summed E-state index contributed by atoms with van der Waals surface area (Å²) in [5.41, 5.74) is -1.04. The highest BCUT2D eigenvalue weighted by atomic mass is 32.3. The van der Waals surface area contributed by atoms with Crippen LogP contribution in [-0.2, 0) is 66.7 Å². The first kappa shape index (κ1) is 67.5. The van der Waals surface area contributed by atoms with Crippen LogP contribution >= 0.6 is 0 Å². The molecular weight excluding hydrogens is 1160 g/mol. The van der Waals surface area contributed by atoms with Crippen LogP contribution in [0.4, 0.5) is 0 Å². The average Bonchev–Trinajstić information content (AvgIpc) is 1.42. The van der Waals surface area contributed by atoms with E-state index in [-0.39, 0.29) is 48.7 Å². The summed E-state index contributed by atoms with van der Waals surface area (Å²) in [5, 5.41) is 146.